The summed E-state index contributed by atoms with van der Waals surface area (Å²) in [6.45, 7) is 1.95. The van der Waals surface area contributed by atoms with E-state index in [1.807, 2.05) is 6.07 Å². The van der Waals surface area contributed by atoms with Crippen molar-refractivity contribution in [2.75, 3.05) is 6.61 Å². The van der Waals surface area contributed by atoms with Gasteiger partial charge in [-0.15, -0.1) is 0 Å². The van der Waals surface area contributed by atoms with Crippen molar-refractivity contribution in [2.24, 2.45) is 5.92 Å². The van der Waals surface area contributed by atoms with Crippen molar-refractivity contribution >= 4 is 23.5 Å². The Balaban J connectivity index is 2.14. The van der Waals surface area contributed by atoms with Gasteiger partial charge in [-0.05, 0) is 13.0 Å². The molecule has 0 spiro atoms. The minimum atomic E-state index is -0.841. The van der Waals surface area contributed by atoms with Gasteiger partial charge in [0.15, 0.2) is 5.92 Å². The minimum Gasteiger partial charge on any atom is -0.465 e. The van der Waals surface area contributed by atoms with E-state index in [2.05, 4.69) is 0 Å². The number of cyclic esters (lactones) is 1. The molecule has 18 heavy (non-hydrogen) atoms. The third kappa shape index (κ3) is 2.48. The number of ether oxygens (including phenoxy) is 2. The summed E-state index contributed by atoms with van der Waals surface area (Å²) in [6, 6.07) is 7.12. The Morgan fingerprint density at radius 1 is 1.50 bits per heavy atom. The van der Waals surface area contributed by atoms with Crippen LogP contribution in [0.2, 0.25) is 5.02 Å². The van der Waals surface area contributed by atoms with Gasteiger partial charge in [0, 0.05) is 17.0 Å². The lowest BCUT2D eigenvalue weighted by Crippen LogP contribution is -2.21. The zero-order valence-corrected chi connectivity index (χ0v) is 10.6. The Hall–Kier alpha value is -1.55. The fraction of sp³-hybridized carbons (Fsp3) is 0.385. The van der Waals surface area contributed by atoms with Crippen LogP contribution < -0.4 is 0 Å². The fourth-order valence-corrected chi connectivity index (χ4v) is 2.20. The van der Waals surface area contributed by atoms with E-state index in [1.54, 1.807) is 25.1 Å². The molecule has 1 saturated heterocycles. The third-order valence-corrected chi connectivity index (χ3v) is 3.16. The number of rotatable bonds is 3. The molecule has 1 fully saturated rings. The topological polar surface area (TPSA) is 52.6 Å². The van der Waals surface area contributed by atoms with Gasteiger partial charge >= 0.3 is 11.9 Å². The van der Waals surface area contributed by atoms with Crippen molar-refractivity contribution in [3.05, 3.63) is 34.9 Å². The van der Waals surface area contributed by atoms with Crippen molar-refractivity contribution in [1.29, 1.82) is 0 Å². The zero-order valence-electron chi connectivity index (χ0n) is 9.89. The summed E-state index contributed by atoms with van der Waals surface area (Å²) < 4.78 is 10.0. The van der Waals surface area contributed by atoms with Gasteiger partial charge in [-0.2, -0.15) is 0 Å². The molecule has 0 radical (unpaired) electrons. The van der Waals surface area contributed by atoms with Crippen LogP contribution in [-0.2, 0) is 19.1 Å². The average Bonchev–Trinajstić information content (AvgIpc) is 2.72. The highest BCUT2D eigenvalue weighted by Crippen LogP contribution is 2.37. The number of carbonyl (C=O) groups is 2. The summed E-state index contributed by atoms with van der Waals surface area (Å²) in [4.78, 5) is 23.2. The van der Waals surface area contributed by atoms with Crippen LogP contribution >= 0.6 is 11.6 Å². The molecule has 1 heterocycles. The molecular formula is C13H13ClO4. The van der Waals surface area contributed by atoms with E-state index in [-0.39, 0.29) is 13.0 Å². The first kappa shape index (κ1) is 12.9. The summed E-state index contributed by atoms with van der Waals surface area (Å²) in [5.41, 5.74) is 0.722. The molecule has 1 aromatic rings. The van der Waals surface area contributed by atoms with Crippen LogP contribution in [0.4, 0.5) is 0 Å². The second-order valence-corrected chi connectivity index (χ2v) is 4.39. The number of esters is 2. The molecule has 0 bridgehead atoms. The number of hydrogen-bond donors (Lipinski definition) is 0. The molecule has 96 valence electrons. The number of halogens is 1. The van der Waals surface area contributed by atoms with Gasteiger partial charge in [0.25, 0.3) is 0 Å². The predicted octanol–water partition coefficient (Wildman–Crippen LogP) is 2.51. The quantitative estimate of drug-likeness (QED) is 0.624. The van der Waals surface area contributed by atoms with Crippen LogP contribution in [0.5, 0.6) is 0 Å². The average molecular weight is 269 g/mol. The first-order valence-corrected chi connectivity index (χ1v) is 6.12. The van der Waals surface area contributed by atoms with Crippen LogP contribution in [0.25, 0.3) is 0 Å². The second-order valence-electron chi connectivity index (χ2n) is 3.99. The van der Waals surface area contributed by atoms with E-state index in [1.165, 1.54) is 0 Å². The minimum absolute atomic E-state index is 0.249. The van der Waals surface area contributed by atoms with Gasteiger partial charge in [-0.1, -0.05) is 29.8 Å². The molecule has 0 amide bonds. The van der Waals surface area contributed by atoms with Crippen LogP contribution in [-0.4, -0.2) is 18.5 Å². The van der Waals surface area contributed by atoms with E-state index in [9.17, 15) is 9.59 Å². The molecule has 2 atom stereocenters. The Morgan fingerprint density at radius 2 is 2.22 bits per heavy atom. The smallest absolute Gasteiger partial charge is 0.321 e. The lowest BCUT2D eigenvalue weighted by atomic mass is 10.0. The fourth-order valence-electron chi connectivity index (χ4n) is 1.94. The SMILES string of the molecule is CCOC(=O)C1CC(c2ccccc2Cl)OC1=O. The lowest BCUT2D eigenvalue weighted by molar-refractivity contribution is -0.156. The lowest BCUT2D eigenvalue weighted by Gasteiger charge is -2.10. The van der Waals surface area contributed by atoms with E-state index in [0.717, 1.165) is 5.56 Å². The first-order chi connectivity index (χ1) is 8.63. The normalized spacial score (nSPS) is 22.7. The predicted molar refractivity (Wildman–Crippen MR) is 65.0 cm³/mol. The Morgan fingerprint density at radius 3 is 2.89 bits per heavy atom. The van der Waals surface area contributed by atoms with E-state index < -0.39 is 24.0 Å². The Bertz CT molecular complexity index is 472. The highest BCUT2D eigenvalue weighted by molar-refractivity contribution is 6.31. The summed E-state index contributed by atoms with van der Waals surface area (Å²) in [7, 11) is 0. The summed E-state index contributed by atoms with van der Waals surface area (Å²) in [5, 5.41) is 0.528. The van der Waals surface area contributed by atoms with Gasteiger partial charge in [-0.25, -0.2) is 0 Å². The number of benzene rings is 1. The van der Waals surface area contributed by atoms with Crippen LogP contribution in [0.1, 0.15) is 25.0 Å². The summed E-state index contributed by atoms with van der Waals surface area (Å²) in [6.07, 6.45) is -0.192. The van der Waals surface area contributed by atoms with Crippen molar-refractivity contribution in [3.8, 4) is 0 Å². The van der Waals surface area contributed by atoms with Crippen molar-refractivity contribution in [2.45, 2.75) is 19.4 Å². The van der Waals surface area contributed by atoms with Crippen molar-refractivity contribution in [1.82, 2.24) is 0 Å². The molecule has 2 rings (SSSR count). The number of carbonyl (C=O) groups excluding carboxylic acids is 2. The van der Waals surface area contributed by atoms with E-state index in [4.69, 9.17) is 21.1 Å². The number of hydrogen-bond acceptors (Lipinski definition) is 4. The molecule has 0 aromatic heterocycles. The maximum atomic E-state index is 11.6. The molecule has 1 aliphatic rings. The van der Waals surface area contributed by atoms with Gasteiger partial charge in [0.2, 0.25) is 0 Å². The van der Waals surface area contributed by atoms with E-state index >= 15 is 0 Å². The van der Waals surface area contributed by atoms with Gasteiger partial charge in [0.1, 0.15) is 6.10 Å². The summed E-state index contributed by atoms with van der Waals surface area (Å²) >= 11 is 6.03. The van der Waals surface area contributed by atoms with Crippen molar-refractivity contribution < 1.29 is 19.1 Å². The maximum Gasteiger partial charge on any atom is 0.321 e. The van der Waals surface area contributed by atoms with Gasteiger partial charge < -0.3 is 9.47 Å². The molecule has 4 nitrogen and oxygen atoms in total. The van der Waals surface area contributed by atoms with Gasteiger partial charge in [0.05, 0.1) is 6.61 Å². The van der Waals surface area contributed by atoms with Crippen LogP contribution in [0, 0.1) is 5.92 Å². The monoisotopic (exact) mass is 268 g/mol. The van der Waals surface area contributed by atoms with E-state index in [0.29, 0.717) is 5.02 Å². The molecular weight excluding hydrogens is 256 g/mol. The molecule has 1 aliphatic heterocycles. The molecule has 0 N–H and O–H groups in total. The molecule has 2 unspecified atom stereocenters. The van der Waals surface area contributed by atoms with Crippen LogP contribution in [0.3, 0.4) is 0 Å². The third-order valence-electron chi connectivity index (χ3n) is 2.82. The first-order valence-electron chi connectivity index (χ1n) is 5.75. The highest BCUT2D eigenvalue weighted by atomic mass is 35.5. The maximum absolute atomic E-state index is 11.6. The summed E-state index contributed by atoms with van der Waals surface area (Å²) in [5.74, 6) is -1.92. The zero-order chi connectivity index (χ0) is 13.1. The standard InChI is InChI=1S/C13H13ClO4/c1-2-17-12(15)9-7-11(18-13(9)16)8-5-3-4-6-10(8)14/h3-6,9,11H,2,7H2,1H3. The Labute approximate surface area is 110 Å². The second kappa shape index (κ2) is 5.40. The largest absolute Gasteiger partial charge is 0.465 e. The molecule has 1 aromatic carbocycles. The van der Waals surface area contributed by atoms with Crippen molar-refractivity contribution in [3.63, 3.8) is 0 Å². The Kier molecular flexibility index (Phi) is 3.87. The van der Waals surface area contributed by atoms with Gasteiger partial charge in [-0.3, -0.25) is 9.59 Å². The van der Waals surface area contributed by atoms with Crippen LogP contribution in [0.15, 0.2) is 24.3 Å². The molecule has 5 heteroatoms. The molecule has 0 aliphatic carbocycles. The molecule has 0 saturated carbocycles. The highest BCUT2D eigenvalue weighted by Gasteiger charge is 2.41.